The summed E-state index contributed by atoms with van der Waals surface area (Å²) in [5.74, 6) is 0. The number of benzene rings is 1. The van der Waals surface area contributed by atoms with Crippen molar-refractivity contribution in [2.45, 2.75) is 32.2 Å². The minimum Gasteiger partial charge on any atom is -0.427 e. The van der Waals surface area contributed by atoms with Crippen molar-refractivity contribution < 1.29 is 9.68 Å². The van der Waals surface area contributed by atoms with Gasteiger partial charge in [0.25, 0.3) is 0 Å². The number of allylic oxidation sites excluding steroid dienone is 1. The first kappa shape index (κ1) is 13.1. The lowest BCUT2D eigenvalue weighted by atomic mass is 9.78. The van der Waals surface area contributed by atoms with Crippen LogP contribution in [-0.4, -0.2) is 18.2 Å². The summed E-state index contributed by atoms with van der Waals surface area (Å²) in [6.07, 6.45) is 4.39. The molecule has 1 N–H and O–H groups in total. The van der Waals surface area contributed by atoms with Crippen LogP contribution in [0.1, 0.15) is 18.9 Å². The van der Waals surface area contributed by atoms with Crippen molar-refractivity contribution in [1.29, 1.82) is 0 Å². The van der Waals surface area contributed by atoms with Crippen molar-refractivity contribution >= 4 is 7.12 Å². The summed E-state index contributed by atoms with van der Waals surface area (Å²) >= 11 is 0. The van der Waals surface area contributed by atoms with Gasteiger partial charge in [-0.1, -0.05) is 48.6 Å². The lowest BCUT2D eigenvalue weighted by Crippen LogP contribution is -2.31. The molecule has 18 heavy (non-hydrogen) atoms. The van der Waals surface area contributed by atoms with E-state index in [1.807, 2.05) is 31.2 Å². The van der Waals surface area contributed by atoms with E-state index in [9.17, 15) is 5.02 Å². The summed E-state index contributed by atoms with van der Waals surface area (Å²) < 4.78 is 5.61. The van der Waals surface area contributed by atoms with E-state index in [2.05, 4.69) is 18.7 Å². The molecule has 2 nitrogen and oxygen atoms in total. The lowest BCUT2D eigenvalue weighted by molar-refractivity contribution is 0.183. The van der Waals surface area contributed by atoms with Crippen LogP contribution in [0.5, 0.6) is 0 Å². The summed E-state index contributed by atoms with van der Waals surface area (Å²) in [5.41, 5.74) is 3.46. The molecule has 1 unspecified atom stereocenters. The number of hydrogen-bond acceptors (Lipinski definition) is 2. The molecule has 0 spiro atoms. The second kappa shape index (κ2) is 6.03. The van der Waals surface area contributed by atoms with Crippen molar-refractivity contribution in [3.63, 3.8) is 0 Å². The normalized spacial score (nSPS) is 19.6. The van der Waals surface area contributed by atoms with Gasteiger partial charge >= 0.3 is 7.12 Å². The van der Waals surface area contributed by atoms with E-state index in [-0.39, 0.29) is 6.10 Å². The summed E-state index contributed by atoms with van der Waals surface area (Å²) in [6, 6.07) is 10.3. The first-order valence-electron chi connectivity index (χ1n) is 6.40. The van der Waals surface area contributed by atoms with E-state index in [1.54, 1.807) is 0 Å². The largest absolute Gasteiger partial charge is 0.458 e. The molecule has 1 aliphatic heterocycles. The number of rotatable bonds is 4. The van der Waals surface area contributed by atoms with Gasteiger partial charge in [0, 0.05) is 6.32 Å². The molecule has 0 aliphatic carbocycles. The Morgan fingerprint density at radius 1 is 1.44 bits per heavy atom. The van der Waals surface area contributed by atoms with Gasteiger partial charge in [-0.25, -0.2) is 0 Å². The van der Waals surface area contributed by atoms with E-state index in [0.29, 0.717) is 6.32 Å². The molecule has 0 bridgehead atoms. The molecule has 1 aliphatic rings. The van der Waals surface area contributed by atoms with E-state index < -0.39 is 7.12 Å². The lowest BCUT2D eigenvalue weighted by Gasteiger charge is -2.27. The molecule has 2 rings (SSSR count). The van der Waals surface area contributed by atoms with Gasteiger partial charge in [0.2, 0.25) is 0 Å². The van der Waals surface area contributed by atoms with Crippen LogP contribution in [0.2, 0.25) is 6.32 Å². The number of hydrogen-bond donors (Lipinski definition) is 1. The highest BCUT2D eigenvalue weighted by molar-refractivity contribution is 6.43. The second-order valence-electron chi connectivity index (χ2n) is 4.78. The number of aryl methyl sites for hydroxylation is 1. The Bertz CT molecular complexity index is 439. The molecule has 0 saturated carbocycles. The molecule has 1 atom stereocenters. The molecular formula is C15H19BO2. The minimum absolute atomic E-state index is 0.0357. The van der Waals surface area contributed by atoms with E-state index >= 15 is 0 Å². The Kier molecular flexibility index (Phi) is 4.40. The maximum absolute atomic E-state index is 9.58. The zero-order chi connectivity index (χ0) is 13.0. The van der Waals surface area contributed by atoms with Crippen LogP contribution < -0.4 is 0 Å². The van der Waals surface area contributed by atoms with E-state index in [1.165, 1.54) is 5.56 Å². The molecule has 94 valence electrons. The van der Waals surface area contributed by atoms with Gasteiger partial charge in [-0.15, -0.1) is 0 Å². The van der Waals surface area contributed by atoms with Crippen molar-refractivity contribution in [3.8, 4) is 0 Å². The summed E-state index contributed by atoms with van der Waals surface area (Å²) in [5, 5.41) is 9.58. The fraction of sp³-hybridized carbons (Fsp3) is 0.333. The fourth-order valence-corrected chi connectivity index (χ4v) is 2.29. The standard InChI is InChI=1S/C15H19BO2/c1-12(2)14-10-11-16(17)18-15(14)9-8-13-6-4-3-5-7-13/h3-7,10,15,17H,1,8-9,11H2,2H3. The molecule has 0 saturated heterocycles. The third-order valence-corrected chi connectivity index (χ3v) is 3.24. The smallest absolute Gasteiger partial charge is 0.427 e. The van der Waals surface area contributed by atoms with Crippen LogP contribution in [0.4, 0.5) is 0 Å². The van der Waals surface area contributed by atoms with Gasteiger partial charge in [-0.2, -0.15) is 0 Å². The van der Waals surface area contributed by atoms with Gasteiger partial charge < -0.3 is 9.68 Å². The van der Waals surface area contributed by atoms with Gasteiger partial charge in [-0.3, -0.25) is 0 Å². The zero-order valence-electron chi connectivity index (χ0n) is 10.8. The van der Waals surface area contributed by atoms with Crippen LogP contribution in [-0.2, 0) is 11.1 Å². The average Bonchev–Trinajstić information content (AvgIpc) is 2.37. The fourth-order valence-electron chi connectivity index (χ4n) is 2.29. The molecule has 0 aromatic heterocycles. The molecular weight excluding hydrogens is 223 g/mol. The Morgan fingerprint density at radius 2 is 2.17 bits per heavy atom. The third kappa shape index (κ3) is 3.34. The van der Waals surface area contributed by atoms with Crippen molar-refractivity contribution in [1.82, 2.24) is 0 Å². The SMILES string of the molecule is C=C(C)C1=CCB(O)OC1CCc1ccccc1. The maximum Gasteiger partial charge on any atom is 0.458 e. The van der Waals surface area contributed by atoms with Gasteiger partial charge in [-0.05, 0) is 30.9 Å². The quantitative estimate of drug-likeness (QED) is 0.822. The van der Waals surface area contributed by atoms with Gasteiger partial charge in [0.15, 0.2) is 0 Å². The maximum atomic E-state index is 9.58. The topological polar surface area (TPSA) is 29.5 Å². The van der Waals surface area contributed by atoms with E-state index in [0.717, 1.165) is 24.0 Å². The summed E-state index contributed by atoms with van der Waals surface area (Å²) in [4.78, 5) is 0. The van der Waals surface area contributed by atoms with Gasteiger partial charge in [0.1, 0.15) is 0 Å². The molecule has 1 aromatic carbocycles. The predicted octanol–water partition coefficient (Wildman–Crippen LogP) is 3.00. The molecule has 1 heterocycles. The van der Waals surface area contributed by atoms with Crippen LogP contribution >= 0.6 is 0 Å². The Hall–Kier alpha value is -1.32. The first-order chi connectivity index (χ1) is 8.66. The summed E-state index contributed by atoms with van der Waals surface area (Å²) in [7, 11) is -0.672. The molecule has 0 radical (unpaired) electrons. The van der Waals surface area contributed by atoms with Gasteiger partial charge in [0.05, 0.1) is 6.10 Å². The molecule has 1 aromatic rings. The Morgan fingerprint density at radius 3 is 2.83 bits per heavy atom. The predicted molar refractivity (Wildman–Crippen MR) is 75.3 cm³/mol. The highest BCUT2D eigenvalue weighted by atomic mass is 16.5. The van der Waals surface area contributed by atoms with Crippen molar-refractivity contribution in [3.05, 3.63) is 59.7 Å². The van der Waals surface area contributed by atoms with E-state index in [4.69, 9.17) is 4.65 Å². The molecule has 0 amide bonds. The van der Waals surface area contributed by atoms with Crippen molar-refractivity contribution in [2.75, 3.05) is 0 Å². The minimum atomic E-state index is -0.672. The van der Waals surface area contributed by atoms with Crippen LogP contribution in [0, 0.1) is 0 Å². The zero-order valence-corrected chi connectivity index (χ0v) is 10.8. The highest BCUT2D eigenvalue weighted by Gasteiger charge is 2.26. The van der Waals surface area contributed by atoms with Crippen molar-refractivity contribution in [2.24, 2.45) is 0 Å². The monoisotopic (exact) mass is 242 g/mol. The second-order valence-corrected chi connectivity index (χ2v) is 4.78. The van der Waals surface area contributed by atoms with Crippen LogP contribution in [0.15, 0.2) is 54.1 Å². The highest BCUT2D eigenvalue weighted by Crippen LogP contribution is 2.25. The Labute approximate surface area is 109 Å². The Balaban J connectivity index is 2.00. The molecule has 0 fully saturated rings. The van der Waals surface area contributed by atoms with Crippen LogP contribution in [0.25, 0.3) is 0 Å². The van der Waals surface area contributed by atoms with Crippen LogP contribution in [0.3, 0.4) is 0 Å². The summed E-state index contributed by atoms with van der Waals surface area (Å²) in [6.45, 7) is 5.97. The average molecular weight is 242 g/mol. The first-order valence-corrected chi connectivity index (χ1v) is 6.40. The molecule has 3 heteroatoms. The third-order valence-electron chi connectivity index (χ3n) is 3.24.